The molecule has 0 saturated carbocycles. The largest absolute Gasteiger partial charge is 0.381 e. The molecule has 3 aromatic rings. The Morgan fingerprint density at radius 2 is 2.25 bits per heavy atom. The van der Waals surface area contributed by atoms with Crippen molar-refractivity contribution < 1.29 is 9.53 Å². The molecule has 1 saturated heterocycles. The summed E-state index contributed by atoms with van der Waals surface area (Å²) in [7, 11) is 0. The molecule has 6 heteroatoms. The minimum atomic E-state index is -0.173. The van der Waals surface area contributed by atoms with E-state index in [0.29, 0.717) is 17.3 Å². The number of amides is 1. The number of carbonyl (C=O) groups is 1. The average Bonchev–Trinajstić information content (AvgIpc) is 3.25. The lowest BCUT2D eigenvalue weighted by Gasteiger charge is -2.11. The van der Waals surface area contributed by atoms with Gasteiger partial charge in [-0.1, -0.05) is 15.9 Å². The predicted molar refractivity (Wildman–Crippen MR) is 96.4 cm³/mol. The first kappa shape index (κ1) is 15.4. The number of aromatic nitrogens is 2. The van der Waals surface area contributed by atoms with Crippen LogP contribution in [0.4, 0.5) is 5.82 Å². The number of nitrogens with zero attached hydrogens (tertiary/aromatic N) is 1. The number of hydrogen-bond donors (Lipinski definition) is 2. The molecule has 0 bridgehead atoms. The second-order valence-corrected chi connectivity index (χ2v) is 6.80. The number of nitrogens with one attached hydrogen (secondary N) is 2. The SMILES string of the molecule is O=C(Nc1cc([C@H]2CCOC2)ccn1)c1cc(Br)cc2[nH]ccc12. The number of aromatic amines is 1. The van der Waals surface area contributed by atoms with E-state index in [2.05, 4.69) is 31.2 Å². The van der Waals surface area contributed by atoms with Crippen molar-refractivity contribution in [2.75, 3.05) is 18.5 Å². The Balaban J connectivity index is 1.61. The van der Waals surface area contributed by atoms with Gasteiger partial charge in [-0.25, -0.2) is 4.98 Å². The third kappa shape index (κ3) is 2.95. The molecule has 4 rings (SSSR count). The maximum Gasteiger partial charge on any atom is 0.257 e. The van der Waals surface area contributed by atoms with Crippen molar-refractivity contribution in [3.63, 3.8) is 0 Å². The lowest BCUT2D eigenvalue weighted by molar-refractivity contribution is 0.102. The monoisotopic (exact) mass is 385 g/mol. The van der Waals surface area contributed by atoms with E-state index >= 15 is 0 Å². The first-order valence-electron chi connectivity index (χ1n) is 7.82. The van der Waals surface area contributed by atoms with Crippen molar-refractivity contribution in [3.8, 4) is 0 Å². The van der Waals surface area contributed by atoms with Crippen LogP contribution in [0.5, 0.6) is 0 Å². The van der Waals surface area contributed by atoms with Crippen LogP contribution < -0.4 is 5.32 Å². The Morgan fingerprint density at radius 1 is 1.33 bits per heavy atom. The second-order valence-electron chi connectivity index (χ2n) is 5.88. The van der Waals surface area contributed by atoms with Crippen LogP contribution in [-0.4, -0.2) is 29.1 Å². The zero-order valence-corrected chi connectivity index (χ0v) is 14.5. The van der Waals surface area contributed by atoms with Crippen LogP contribution in [0, 0.1) is 0 Å². The summed E-state index contributed by atoms with van der Waals surface area (Å²) in [4.78, 5) is 20.1. The summed E-state index contributed by atoms with van der Waals surface area (Å²) in [5.41, 5.74) is 2.68. The molecular formula is C18H16BrN3O2. The average molecular weight is 386 g/mol. The zero-order chi connectivity index (χ0) is 16.5. The van der Waals surface area contributed by atoms with E-state index in [0.717, 1.165) is 40.6 Å². The van der Waals surface area contributed by atoms with E-state index in [1.807, 2.05) is 36.5 Å². The predicted octanol–water partition coefficient (Wildman–Crippen LogP) is 4.08. The zero-order valence-electron chi connectivity index (χ0n) is 12.9. The number of halogens is 1. The van der Waals surface area contributed by atoms with Crippen molar-refractivity contribution in [2.45, 2.75) is 12.3 Å². The van der Waals surface area contributed by atoms with Crippen molar-refractivity contribution >= 4 is 38.6 Å². The van der Waals surface area contributed by atoms with E-state index in [4.69, 9.17) is 4.74 Å². The highest BCUT2D eigenvalue weighted by molar-refractivity contribution is 9.10. The maximum absolute atomic E-state index is 12.7. The third-order valence-electron chi connectivity index (χ3n) is 4.30. The highest BCUT2D eigenvalue weighted by Gasteiger charge is 2.19. The van der Waals surface area contributed by atoms with E-state index in [1.54, 1.807) is 6.20 Å². The summed E-state index contributed by atoms with van der Waals surface area (Å²) < 4.78 is 6.29. The molecule has 0 unspecified atom stereocenters. The van der Waals surface area contributed by atoms with Crippen LogP contribution >= 0.6 is 15.9 Å². The van der Waals surface area contributed by atoms with Gasteiger partial charge in [0.05, 0.1) is 12.2 Å². The quantitative estimate of drug-likeness (QED) is 0.713. The van der Waals surface area contributed by atoms with Crippen LogP contribution in [0.25, 0.3) is 10.9 Å². The van der Waals surface area contributed by atoms with Gasteiger partial charge in [-0.3, -0.25) is 4.79 Å². The van der Waals surface area contributed by atoms with E-state index in [-0.39, 0.29) is 5.91 Å². The molecule has 1 fully saturated rings. The third-order valence-corrected chi connectivity index (χ3v) is 4.76. The van der Waals surface area contributed by atoms with E-state index in [9.17, 15) is 4.79 Å². The molecular weight excluding hydrogens is 370 g/mol. The van der Waals surface area contributed by atoms with Gasteiger partial charge in [0.1, 0.15) is 5.82 Å². The van der Waals surface area contributed by atoms with Crippen molar-refractivity contribution in [1.29, 1.82) is 0 Å². The number of fused-ring (bicyclic) bond motifs is 1. The van der Waals surface area contributed by atoms with Gasteiger partial charge < -0.3 is 15.0 Å². The van der Waals surface area contributed by atoms with Gasteiger partial charge in [0, 0.05) is 40.3 Å². The topological polar surface area (TPSA) is 67.0 Å². The van der Waals surface area contributed by atoms with Gasteiger partial charge in [0.2, 0.25) is 0 Å². The highest BCUT2D eigenvalue weighted by atomic mass is 79.9. The van der Waals surface area contributed by atoms with Gasteiger partial charge in [0.15, 0.2) is 0 Å². The number of hydrogen-bond acceptors (Lipinski definition) is 3. The van der Waals surface area contributed by atoms with E-state index < -0.39 is 0 Å². The van der Waals surface area contributed by atoms with Gasteiger partial charge in [0.25, 0.3) is 5.91 Å². The Labute approximate surface area is 147 Å². The van der Waals surface area contributed by atoms with E-state index in [1.165, 1.54) is 0 Å². The second kappa shape index (κ2) is 6.37. The highest BCUT2D eigenvalue weighted by Crippen LogP contribution is 2.27. The van der Waals surface area contributed by atoms with Crippen molar-refractivity contribution in [2.24, 2.45) is 0 Å². The fourth-order valence-corrected chi connectivity index (χ4v) is 3.53. The molecule has 3 heterocycles. The molecule has 2 N–H and O–H groups in total. The number of pyridine rings is 1. The molecule has 5 nitrogen and oxygen atoms in total. The molecule has 1 amide bonds. The van der Waals surface area contributed by atoms with Crippen LogP contribution in [0.2, 0.25) is 0 Å². The number of H-pyrrole nitrogens is 1. The van der Waals surface area contributed by atoms with Gasteiger partial charge in [-0.2, -0.15) is 0 Å². The fraction of sp³-hybridized carbons (Fsp3) is 0.222. The van der Waals surface area contributed by atoms with Crippen molar-refractivity contribution in [3.05, 3.63) is 58.3 Å². The first-order valence-corrected chi connectivity index (χ1v) is 8.62. The molecule has 1 aliphatic heterocycles. The summed E-state index contributed by atoms with van der Waals surface area (Å²) in [5.74, 6) is 0.771. The van der Waals surface area contributed by atoms with Crippen LogP contribution in [-0.2, 0) is 4.74 Å². The normalized spacial score (nSPS) is 17.3. The number of carbonyl (C=O) groups excluding carboxylic acids is 1. The molecule has 1 atom stereocenters. The lowest BCUT2D eigenvalue weighted by atomic mass is 10.00. The minimum absolute atomic E-state index is 0.173. The molecule has 0 spiro atoms. The molecule has 1 aliphatic rings. The van der Waals surface area contributed by atoms with Gasteiger partial charge in [-0.05, 0) is 42.3 Å². The van der Waals surface area contributed by atoms with Crippen LogP contribution in [0.1, 0.15) is 28.3 Å². The summed E-state index contributed by atoms with van der Waals surface area (Å²) in [6.45, 7) is 1.52. The van der Waals surface area contributed by atoms with Gasteiger partial charge in [-0.15, -0.1) is 0 Å². The summed E-state index contributed by atoms with van der Waals surface area (Å²) in [6, 6.07) is 9.59. The molecule has 2 aromatic heterocycles. The molecule has 24 heavy (non-hydrogen) atoms. The smallest absolute Gasteiger partial charge is 0.257 e. The standard InChI is InChI=1S/C18H16BrN3O2/c19-13-8-15(14-2-5-20-16(14)9-13)18(23)22-17-7-11(1-4-21-17)12-3-6-24-10-12/h1-2,4-5,7-9,12,20H,3,6,10H2,(H,21,22,23)/t12-/m0/s1. The summed E-state index contributed by atoms with van der Waals surface area (Å²) in [5, 5.41) is 3.79. The molecule has 1 aromatic carbocycles. The maximum atomic E-state index is 12.7. The van der Waals surface area contributed by atoms with Gasteiger partial charge >= 0.3 is 0 Å². The Kier molecular flexibility index (Phi) is 4.08. The van der Waals surface area contributed by atoms with Crippen LogP contribution in [0.15, 0.2) is 47.2 Å². The molecule has 122 valence electrons. The Hall–Kier alpha value is -2.18. The number of rotatable bonds is 3. The Morgan fingerprint density at radius 3 is 3.08 bits per heavy atom. The lowest BCUT2D eigenvalue weighted by Crippen LogP contribution is -2.14. The molecule has 0 aliphatic carbocycles. The number of anilines is 1. The summed E-state index contributed by atoms with van der Waals surface area (Å²) in [6.07, 6.45) is 4.57. The Bertz CT molecular complexity index is 900. The fourth-order valence-electron chi connectivity index (χ4n) is 3.07. The summed E-state index contributed by atoms with van der Waals surface area (Å²) >= 11 is 3.45. The minimum Gasteiger partial charge on any atom is -0.381 e. The van der Waals surface area contributed by atoms with Crippen LogP contribution in [0.3, 0.4) is 0 Å². The first-order chi connectivity index (χ1) is 11.7. The molecule has 0 radical (unpaired) electrons. The van der Waals surface area contributed by atoms with Crippen molar-refractivity contribution in [1.82, 2.24) is 9.97 Å². The number of ether oxygens (including phenoxy) is 1. The number of benzene rings is 1.